The molecular weight excluding hydrogens is 228 g/mol. The number of hydrogen-bond acceptors (Lipinski definition) is 3. The molecule has 2 amide bonds. The van der Waals surface area contributed by atoms with Gasteiger partial charge in [0.2, 0.25) is 11.8 Å². The van der Waals surface area contributed by atoms with Gasteiger partial charge in [0, 0.05) is 13.0 Å². The van der Waals surface area contributed by atoms with Crippen molar-refractivity contribution >= 4 is 11.8 Å². The SMILES string of the molecule is CCN(Cc1ccccc1)[C@@H]1CCC(=O)NC1=O. The Bertz CT molecular complexity index is 431. The first-order valence-electron chi connectivity index (χ1n) is 6.32. The molecule has 0 saturated carbocycles. The minimum absolute atomic E-state index is 0.160. The molecule has 1 heterocycles. The molecule has 1 fully saturated rings. The molecule has 2 rings (SSSR count). The van der Waals surface area contributed by atoms with E-state index in [1.54, 1.807) is 0 Å². The van der Waals surface area contributed by atoms with Gasteiger partial charge in [-0.2, -0.15) is 0 Å². The van der Waals surface area contributed by atoms with E-state index in [4.69, 9.17) is 0 Å². The lowest BCUT2D eigenvalue weighted by Crippen LogP contribution is -2.52. The van der Waals surface area contributed by atoms with E-state index in [-0.39, 0.29) is 17.9 Å². The number of rotatable bonds is 4. The Kier molecular flexibility index (Phi) is 4.10. The van der Waals surface area contributed by atoms with Crippen molar-refractivity contribution in [1.82, 2.24) is 10.2 Å². The maximum absolute atomic E-state index is 11.8. The van der Waals surface area contributed by atoms with Crippen LogP contribution in [0.4, 0.5) is 0 Å². The monoisotopic (exact) mass is 246 g/mol. The number of piperidine rings is 1. The van der Waals surface area contributed by atoms with Gasteiger partial charge in [0.1, 0.15) is 0 Å². The van der Waals surface area contributed by atoms with Crippen molar-refractivity contribution in [2.45, 2.75) is 32.4 Å². The summed E-state index contributed by atoms with van der Waals surface area (Å²) in [4.78, 5) is 25.1. The van der Waals surface area contributed by atoms with Crippen LogP contribution in [0.15, 0.2) is 30.3 Å². The van der Waals surface area contributed by atoms with Crippen molar-refractivity contribution in [3.63, 3.8) is 0 Å². The van der Waals surface area contributed by atoms with Gasteiger partial charge in [0.15, 0.2) is 0 Å². The van der Waals surface area contributed by atoms with Gasteiger partial charge >= 0.3 is 0 Å². The van der Waals surface area contributed by atoms with Gasteiger partial charge in [-0.25, -0.2) is 0 Å². The summed E-state index contributed by atoms with van der Waals surface area (Å²) in [5, 5.41) is 2.41. The number of hydrogen-bond donors (Lipinski definition) is 1. The summed E-state index contributed by atoms with van der Waals surface area (Å²) < 4.78 is 0. The predicted octanol–water partition coefficient (Wildman–Crippen LogP) is 1.31. The molecule has 4 heteroatoms. The second kappa shape index (κ2) is 5.78. The molecule has 1 aromatic carbocycles. The van der Waals surface area contributed by atoms with E-state index in [1.807, 2.05) is 25.1 Å². The third kappa shape index (κ3) is 2.96. The van der Waals surface area contributed by atoms with E-state index in [0.717, 1.165) is 13.1 Å². The molecule has 0 bridgehead atoms. The molecule has 0 unspecified atom stereocenters. The Morgan fingerprint density at radius 3 is 2.61 bits per heavy atom. The number of carbonyl (C=O) groups is 2. The maximum atomic E-state index is 11.8. The molecule has 1 atom stereocenters. The van der Waals surface area contributed by atoms with Crippen LogP contribution in [0.25, 0.3) is 0 Å². The van der Waals surface area contributed by atoms with Gasteiger partial charge in [-0.1, -0.05) is 37.3 Å². The lowest BCUT2D eigenvalue weighted by Gasteiger charge is -2.31. The number of carbonyl (C=O) groups excluding carboxylic acids is 2. The van der Waals surface area contributed by atoms with Crippen LogP contribution in [0.5, 0.6) is 0 Å². The zero-order valence-corrected chi connectivity index (χ0v) is 10.6. The second-order valence-electron chi connectivity index (χ2n) is 4.52. The van der Waals surface area contributed by atoms with Gasteiger partial charge in [0.05, 0.1) is 6.04 Å². The van der Waals surface area contributed by atoms with Crippen LogP contribution in [0.1, 0.15) is 25.3 Å². The molecule has 1 saturated heterocycles. The zero-order chi connectivity index (χ0) is 13.0. The number of nitrogens with zero attached hydrogens (tertiary/aromatic N) is 1. The maximum Gasteiger partial charge on any atom is 0.243 e. The number of imide groups is 1. The van der Waals surface area contributed by atoms with Crippen molar-refractivity contribution in [1.29, 1.82) is 0 Å². The number of amides is 2. The van der Waals surface area contributed by atoms with Crippen molar-refractivity contribution in [3.8, 4) is 0 Å². The zero-order valence-electron chi connectivity index (χ0n) is 10.6. The van der Waals surface area contributed by atoms with E-state index in [2.05, 4.69) is 22.3 Å². The largest absolute Gasteiger partial charge is 0.295 e. The molecule has 1 aromatic rings. The first-order valence-corrected chi connectivity index (χ1v) is 6.32. The third-order valence-corrected chi connectivity index (χ3v) is 3.29. The van der Waals surface area contributed by atoms with Crippen LogP contribution in [-0.4, -0.2) is 29.3 Å². The standard InChI is InChI=1S/C14H18N2O2/c1-2-16(10-11-6-4-3-5-7-11)12-8-9-13(17)15-14(12)18/h3-7,12H,2,8-10H2,1H3,(H,15,17,18)/t12-/m1/s1. The predicted molar refractivity (Wildman–Crippen MR) is 68.7 cm³/mol. The highest BCUT2D eigenvalue weighted by Crippen LogP contribution is 2.15. The van der Waals surface area contributed by atoms with Crippen LogP contribution < -0.4 is 5.32 Å². The lowest BCUT2D eigenvalue weighted by atomic mass is 10.0. The van der Waals surface area contributed by atoms with Gasteiger partial charge in [-0.3, -0.25) is 19.8 Å². The van der Waals surface area contributed by atoms with Crippen LogP contribution >= 0.6 is 0 Å². The van der Waals surface area contributed by atoms with E-state index >= 15 is 0 Å². The van der Waals surface area contributed by atoms with Gasteiger partial charge < -0.3 is 0 Å². The van der Waals surface area contributed by atoms with E-state index in [0.29, 0.717) is 12.8 Å². The first-order chi connectivity index (χ1) is 8.70. The van der Waals surface area contributed by atoms with Gasteiger partial charge in [-0.05, 0) is 18.5 Å². The summed E-state index contributed by atoms with van der Waals surface area (Å²) in [5.41, 5.74) is 1.18. The van der Waals surface area contributed by atoms with E-state index < -0.39 is 0 Å². The molecule has 0 radical (unpaired) electrons. The Labute approximate surface area is 107 Å². The van der Waals surface area contributed by atoms with Crippen molar-refractivity contribution in [2.24, 2.45) is 0 Å². The Hall–Kier alpha value is -1.68. The lowest BCUT2D eigenvalue weighted by molar-refractivity contribution is -0.137. The summed E-state index contributed by atoms with van der Waals surface area (Å²) in [7, 11) is 0. The highest BCUT2D eigenvalue weighted by molar-refractivity contribution is 6.00. The minimum atomic E-state index is -0.187. The molecule has 0 aliphatic carbocycles. The Morgan fingerprint density at radius 1 is 1.28 bits per heavy atom. The number of likely N-dealkylation sites (N-methyl/N-ethyl adjacent to an activating group) is 1. The quantitative estimate of drug-likeness (QED) is 0.815. The van der Waals surface area contributed by atoms with Gasteiger partial charge in [0.25, 0.3) is 0 Å². The minimum Gasteiger partial charge on any atom is -0.295 e. The molecular formula is C14H18N2O2. The van der Waals surface area contributed by atoms with Gasteiger partial charge in [-0.15, -0.1) is 0 Å². The fourth-order valence-corrected chi connectivity index (χ4v) is 2.29. The van der Waals surface area contributed by atoms with Crippen LogP contribution in [0, 0.1) is 0 Å². The fraction of sp³-hybridized carbons (Fsp3) is 0.429. The van der Waals surface area contributed by atoms with Crippen molar-refractivity contribution in [2.75, 3.05) is 6.54 Å². The summed E-state index contributed by atoms with van der Waals surface area (Å²) in [6.45, 7) is 3.57. The van der Waals surface area contributed by atoms with Crippen molar-refractivity contribution in [3.05, 3.63) is 35.9 Å². The third-order valence-electron chi connectivity index (χ3n) is 3.29. The first kappa shape index (κ1) is 12.8. The topological polar surface area (TPSA) is 49.4 Å². The summed E-state index contributed by atoms with van der Waals surface area (Å²) in [5.74, 6) is -0.323. The molecule has 96 valence electrons. The molecule has 1 aliphatic rings. The molecule has 0 spiro atoms. The average Bonchev–Trinajstić information content (AvgIpc) is 2.38. The summed E-state index contributed by atoms with van der Waals surface area (Å²) in [6, 6.07) is 9.88. The average molecular weight is 246 g/mol. The fourth-order valence-electron chi connectivity index (χ4n) is 2.29. The molecule has 4 nitrogen and oxygen atoms in total. The number of nitrogens with one attached hydrogen (secondary N) is 1. The van der Waals surface area contributed by atoms with E-state index in [1.165, 1.54) is 5.56 Å². The van der Waals surface area contributed by atoms with Crippen LogP contribution in [0.3, 0.4) is 0 Å². The van der Waals surface area contributed by atoms with Crippen molar-refractivity contribution < 1.29 is 9.59 Å². The highest BCUT2D eigenvalue weighted by atomic mass is 16.2. The Morgan fingerprint density at radius 2 is 2.00 bits per heavy atom. The summed E-state index contributed by atoms with van der Waals surface area (Å²) in [6.07, 6.45) is 1.05. The van der Waals surface area contributed by atoms with Crippen LogP contribution in [0.2, 0.25) is 0 Å². The van der Waals surface area contributed by atoms with E-state index in [9.17, 15) is 9.59 Å². The number of benzene rings is 1. The highest BCUT2D eigenvalue weighted by Gasteiger charge is 2.30. The molecule has 1 N–H and O–H groups in total. The second-order valence-corrected chi connectivity index (χ2v) is 4.52. The summed E-state index contributed by atoms with van der Waals surface area (Å²) >= 11 is 0. The molecule has 18 heavy (non-hydrogen) atoms. The normalized spacial score (nSPS) is 20.0. The smallest absolute Gasteiger partial charge is 0.243 e. The molecule has 0 aromatic heterocycles. The molecule has 1 aliphatic heterocycles. The van der Waals surface area contributed by atoms with Crippen LogP contribution in [-0.2, 0) is 16.1 Å². The Balaban J connectivity index is 2.04.